The zero-order valence-electron chi connectivity index (χ0n) is 19.1. The highest BCUT2D eigenvalue weighted by Gasteiger charge is 2.44. The molecule has 0 saturated carbocycles. The van der Waals surface area contributed by atoms with Crippen LogP contribution in [-0.2, 0) is 12.7 Å². The number of benzene rings is 2. The highest BCUT2D eigenvalue weighted by atomic mass is 35.5. The van der Waals surface area contributed by atoms with Gasteiger partial charge in [0.25, 0.3) is 18.2 Å². The lowest BCUT2D eigenvalue weighted by Crippen LogP contribution is -2.39. The zero-order valence-corrected chi connectivity index (χ0v) is 19.8. The Bertz CT molecular complexity index is 1370. The van der Waals surface area contributed by atoms with Crippen molar-refractivity contribution in [3.8, 4) is 0 Å². The van der Waals surface area contributed by atoms with E-state index in [4.69, 9.17) is 11.6 Å². The summed E-state index contributed by atoms with van der Waals surface area (Å²) in [4.78, 5) is 25.1. The van der Waals surface area contributed by atoms with Crippen molar-refractivity contribution in [2.24, 2.45) is 0 Å². The van der Waals surface area contributed by atoms with Gasteiger partial charge < -0.3 is 15.2 Å². The molecular formula is C23H17ClF9N3O2. The summed E-state index contributed by atoms with van der Waals surface area (Å²) in [6.45, 7) is 0.588. The van der Waals surface area contributed by atoms with Crippen LogP contribution in [0.3, 0.4) is 0 Å². The second-order valence-corrected chi connectivity index (χ2v) is 8.36. The fourth-order valence-corrected chi connectivity index (χ4v) is 3.99. The quantitative estimate of drug-likeness (QED) is 0.317. The number of fused-ring (bicyclic) bond motifs is 1. The van der Waals surface area contributed by atoms with E-state index in [0.717, 1.165) is 12.1 Å². The van der Waals surface area contributed by atoms with Crippen molar-refractivity contribution in [1.29, 1.82) is 0 Å². The maximum atomic E-state index is 13.8. The highest BCUT2D eigenvalue weighted by molar-refractivity contribution is 6.34. The van der Waals surface area contributed by atoms with Crippen molar-refractivity contribution in [2.75, 3.05) is 6.54 Å². The summed E-state index contributed by atoms with van der Waals surface area (Å²) >= 11 is 6.09. The number of hydrogen-bond donors (Lipinski definition) is 2. The van der Waals surface area contributed by atoms with E-state index in [0.29, 0.717) is 6.07 Å². The number of aryl methyl sites for hydroxylation is 1. The van der Waals surface area contributed by atoms with Crippen molar-refractivity contribution in [3.05, 3.63) is 69.6 Å². The summed E-state index contributed by atoms with van der Waals surface area (Å²) < 4.78 is 120. The first-order valence-electron chi connectivity index (χ1n) is 10.7. The number of nitrogens with zero attached hydrogens (tertiary/aromatic N) is 1. The van der Waals surface area contributed by atoms with Crippen LogP contribution in [-0.4, -0.2) is 35.5 Å². The molecule has 15 heteroatoms. The molecule has 0 spiro atoms. The van der Waals surface area contributed by atoms with Gasteiger partial charge in [0.2, 0.25) is 0 Å². The summed E-state index contributed by atoms with van der Waals surface area (Å²) in [5.41, 5.74) is -3.39. The van der Waals surface area contributed by atoms with Crippen LogP contribution in [0.5, 0.6) is 0 Å². The summed E-state index contributed by atoms with van der Waals surface area (Å²) in [5, 5.41) is 3.54. The van der Waals surface area contributed by atoms with Gasteiger partial charge in [-0.15, -0.1) is 0 Å². The summed E-state index contributed by atoms with van der Waals surface area (Å²) in [5.74, 6) is -4.09. The van der Waals surface area contributed by atoms with Crippen LogP contribution in [0, 0.1) is 5.82 Å². The Morgan fingerprint density at radius 3 is 2.21 bits per heavy atom. The number of aromatic nitrogens is 1. The lowest BCUT2D eigenvalue weighted by atomic mass is 10.0. The van der Waals surface area contributed by atoms with Crippen molar-refractivity contribution in [1.82, 2.24) is 15.2 Å². The van der Waals surface area contributed by atoms with Crippen molar-refractivity contribution in [2.45, 2.75) is 38.3 Å². The van der Waals surface area contributed by atoms with Crippen LogP contribution < -0.4 is 10.6 Å². The number of hydrogen-bond acceptors (Lipinski definition) is 2. The van der Waals surface area contributed by atoms with E-state index in [1.165, 1.54) is 17.6 Å². The van der Waals surface area contributed by atoms with Gasteiger partial charge in [-0.3, -0.25) is 9.59 Å². The molecule has 0 aliphatic carbocycles. The van der Waals surface area contributed by atoms with Gasteiger partial charge in [-0.25, -0.2) is 13.2 Å². The molecule has 206 valence electrons. The molecule has 1 aromatic heterocycles. The number of carbonyl (C=O) groups is 2. The molecule has 2 aromatic carbocycles. The molecule has 3 aromatic rings. The third-order valence-electron chi connectivity index (χ3n) is 5.43. The second-order valence-electron chi connectivity index (χ2n) is 7.95. The van der Waals surface area contributed by atoms with Crippen molar-refractivity contribution in [3.63, 3.8) is 0 Å². The minimum absolute atomic E-state index is 0.0188. The summed E-state index contributed by atoms with van der Waals surface area (Å²) in [6, 6.07) is 1.20. The molecule has 38 heavy (non-hydrogen) atoms. The molecular weight excluding hydrogens is 557 g/mol. The highest BCUT2D eigenvalue weighted by Crippen LogP contribution is 2.38. The fraction of sp³-hybridized carbons (Fsp3) is 0.304. The van der Waals surface area contributed by atoms with Crippen LogP contribution in [0.4, 0.5) is 39.5 Å². The van der Waals surface area contributed by atoms with Gasteiger partial charge in [0.15, 0.2) is 6.04 Å². The molecule has 1 atom stereocenters. The molecule has 0 bridgehead atoms. The van der Waals surface area contributed by atoms with Crippen molar-refractivity contribution >= 4 is 34.3 Å². The third-order valence-corrected chi connectivity index (χ3v) is 5.75. The van der Waals surface area contributed by atoms with Crippen LogP contribution in [0.2, 0.25) is 5.02 Å². The van der Waals surface area contributed by atoms with E-state index < -0.39 is 60.1 Å². The SMILES string of the molecule is CCn1c(C(=O)NC(c2ccc(F)c(C(F)(F)F)c2)C(F)(F)F)cc2cc(C(=O)NCC(F)F)c(Cl)cc21. The normalized spacial score (nSPS) is 13.2. The van der Waals surface area contributed by atoms with E-state index in [9.17, 15) is 49.1 Å². The standard InChI is InChI=1S/C23H17ClF9N3O2/c1-2-36-16-8-14(24)12(20(37)34-9-18(26)27)5-11(16)7-17(36)21(38)35-19(23(31,32)33)10-3-4-15(25)13(6-10)22(28,29)30/h3-8,18-19H,2,9H2,1H3,(H,34,37)(H,35,38). The molecule has 3 rings (SSSR count). The molecule has 0 radical (unpaired) electrons. The van der Waals surface area contributed by atoms with Gasteiger partial charge in [0.1, 0.15) is 11.5 Å². The Kier molecular flexibility index (Phi) is 8.24. The number of amides is 2. The lowest BCUT2D eigenvalue weighted by molar-refractivity contribution is -0.156. The van der Waals surface area contributed by atoms with Gasteiger partial charge >= 0.3 is 12.4 Å². The average Bonchev–Trinajstić information content (AvgIpc) is 3.16. The summed E-state index contributed by atoms with van der Waals surface area (Å²) in [7, 11) is 0. The molecule has 1 unspecified atom stereocenters. The van der Waals surface area contributed by atoms with Crippen LogP contribution >= 0.6 is 11.6 Å². The van der Waals surface area contributed by atoms with Crippen LogP contribution in [0.25, 0.3) is 10.9 Å². The van der Waals surface area contributed by atoms with Crippen LogP contribution in [0.15, 0.2) is 36.4 Å². The minimum atomic E-state index is -5.28. The Balaban J connectivity index is 2.02. The van der Waals surface area contributed by atoms with Gasteiger partial charge in [-0.2, -0.15) is 26.3 Å². The number of carbonyl (C=O) groups excluding carboxylic acids is 2. The smallest absolute Gasteiger partial charge is 0.346 e. The predicted octanol–water partition coefficient (Wildman–Crippen LogP) is 6.50. The Morgan fingerprint density at radius 2 is 1.66 bits per heavy atom. The Morgan fingerprint density at radius 1 is 1.00 bits per heavy atom. The van der Waals surface area contributed by atoms with E-state index in [1.807, 2.05) is 5.32 Å². The number of halogens is 10. The molecule has 2 N–H and O–H groups in total. The topological polar surface area (TPSA) is 63.1 Å². The maximum Gasteiger partial charge on any atom is 0.419 e. The molecule has 0 aliphatic heterocycles. The monoisotopic (exact) mass is 573 g/mol. The molecule has 0 aliphatic rings. The minimum Gasteiger partial charge on any atom is -0.346 e. The fourth-order valence-electron chi connectivity index (χ4n) is 3.75. The van der Waals surface area contributed by atoms with E-state index in [1.54, 1.807) is 5.32 Å². The Hall–Kier alpha value is -3.42. The first-order chi connectivity index (χ1) is 17.5. The molecule has 0 saturated heterocycles. The van der Waals surface area contributed by atoms with Crippen LogP contribution in [0.1, 0.15) is 44.9 Å². The first kappa shape index (κ1) is 29.1. The third kappa shape index (κ3) is 6.17. The molecule has 0 fully saturated rings. The Labute approximate surface area is 213 Å². The second kappa shape index (κ2) is 10.8. The maximum absolute atomic E-state index is 13.8. The van der Waals surface area contributed by atoms with E-state index in [2.05, 4.69) is 0 Å². The van der Waals surface area contributed by atoms with E-state index in [-0.39, 0.29) is 45.9 Å². The average molecular weight is 574 g/mol. The zero-order chi connectivity index (χ0) is 28.6. The van der Waals surface area contributed by atoms with Gasteiger partial charge in [-0.05, 0) is 42.8 Å². The number of rotatable bonds is 7. The summed E-state index contributed by atoms with van der Waals surface area (Å²) in [6.07, 6.45) is -13.4. The predicted molar refractivity (Wildman–Crippen MR) is 119 cm³/mol. The number of alkyl halides is 8. The van der Waals surface area contributed by atoms with Gasteiger partial charge in [0, 0.05) is 11.9 Å². The van der Waals surface area contributed by atoms with Crippen molar-refractivity contribution < 1.29 is 49.1 Å². The lowest BCUT2D eigenvalue weighted by Gasteiger charge is -2.23. The van der Waals surface area contributed by atoms with Gasteiger partial charge in [-0.1, -0.05) is 17.7 Å². The molecule has 1 heterocycles. The van der Waals surface area contributed by atoms with E-state index >= 15 is 0 Å². The first-order valence-corrected chi connectivity index (χ1v) is 11.1. The molecule has 5 nitrogen and oxygen atoms in total. The largest absolute Gasteiger partial charge is 0.419 e. The molecule has 2 amide bonds. The number of nitrogens with one attached hydrogen (secondary N) is 2. The van der Waals surface area contributed by atoms with Gasteiger partial charge in [0.05, 0.1) is 28.2 Å².